The predicted octanol–water partition coefficient (Wildman–Crippen LogP) is 5.37. The SMILES string of the molecule is CCC(Sc1nnc(CS(=O)(=O)c2ccccc2)n1-c1ccccc1)C(=O)Nc1cc(C)cc(C)c1. The Kier molecular flexibility index (Phi) is 7.91. The Morgan fingerprint density at radius 3 is 2.17 bits per heavy atom. The number of anilines is 1. The summed E-state index contributed by atoms with van der Waals surface area (Å²) in [7, 11) is -3.64. The maximum absolute atomic E-state index is 13.2. The average molecular weight is 521 g/mol. The van der Waals surface area contributed by atoms with Crippen LogP contribution in [-0.2, 0) is 20.4 Å². The largest absolute Gasteiger partial charge is 0.325 e. The van der Waals surface area contributed by atoms with E-state index in [2.05, 4.69) is 21.6 Å². The van der Waals surface area contributed by atoms with Crippen molar-refractivity contribution in [2.45, 2.75) is 48.2 Å². The molecule has 9 heteroatoms. The molecule has 0 aliphatic carbocycles. The van der Waals surface area contributed by atoms with E-state index in [-0.39, 0.29) is 22.4 Å². The highest BCUT2D eigenvalue weighted by molar-refractivity contribution is 8.00. The molecular weight excluding hydrogens is 492 g/mol. The van der Waals surface area contributed by atoms with Crippen LogP contribution in [-0.4, -0.2) is 34.3 Å². The molecule has 0 spiro atoms. The lowest BCUT2D eigenvalue weighted by atomic mass is 10.1. The first-order valence-corrected chi connectivity index (χ1v) is 14.1. The molecule has 1 N–H and O–H groups in total. The quantitative estimate of drug-likeness (QED) is 0.298. The van der Waals surface area contributed by atoms with Gasteiger partial charge >= 0.3 is 0 Å². The Morgan fingerprint density at radius 2 is 1.56 bits per heavy atom. The van der Waals surface area contributed by atoms with Gasteiger partial charge in [0.15, 0.2) is 20.8 Å². The van der Waals surface area contributed by atoms with Gasteiger partial charge in [0.25, 0.3) is 0 Å². The summed E-state index contributed by atoms with van der Waals surface area (Å²) in [6.45, 7) is 5.91. The fraction of sp³-hybridized carbons (Fsp3) is 0.222. The summed E-state index contributed by atoms with van der Waals surface area (Å²) in [6.07, 6.45) is 0.556. The number of hydrogen-bond donors (Lipinski definition) is 1. The third-order valence-electron chi connectivity index (χ3n) is 5.54. The van der Waals surface area contributed by atoms with E-state index in [1.165, 1.54) is 11.8 Å². The van der Waals surface area contributed by atoms with Crippen molar-refractivity contribution < 1.29 is 13.2 Å². The minimum atomic E-state index is -3.64. The summed E-state index contributed by atoms with van der Waals surface area (Å²) in [5.74, 6) is -0.170. The summed E-state index contributed by atoms with van der Waals surface area (Å²) in [4.78, 5) is 13.4. The summed E-state index contributed by atoms with van der Waals surface area (Å²) in [5.41, 5.74) is 3.61. The van der Waals surface area contributed by atoms with Crippen molar-refractivity contribution >= 4 is 33.2 Å². The molecule has 1 aromatic heterocycles. The van der Waals surface area contributed by atoms with Crippen molar-refractivity contribution in [2.24, 2.45) is 0 Å². The standard InChI is InChI=1S/C27H28N4O3S2/c1-4-24(26(32)28-21-16-19(2)15-20(3)17-21)35-27-30-29-25(31(27)22-11-7-5-8-12-22)18-36(33,34)23-13-9-6-10-14-23/h5-17,24H,4,18H2,1-3H3,(H,28,32). The molecule has 0 aliphatic heterocycles. The number of aromatic nitrogens is 3. The minimum Gasteiger partial charge on any atom is -0.325 e. The third-order valence-corrected chi connectivity index (χ3v) is 8.47. The smallest absolute Gasteiger partial charge is 0.237 e. The Morgan fingerprint density at radius 1 is 0.944 bits per heavy atom. The summed E-state index contributed by atoms with van der Waals surface area (Å²) in [5, 5.41) is 11.6. The number of thioether (sulfide) groups is 1. The van der Waals surface area contributed by atoms with Gasteiger partial charge in [-0.2, -0.15) is 0 Å². The van der Waals surface area contributed by atoms with E-state index in [1.54, 1.807) is 34.9 Å². The summed E-state index contributed by atoms with van der Waals surface area (Å²) < 4.78 is 27.9. The molecule has 0 radical (unpaired) electrons. The number of nitrogens with zero attached hydrogens (tertiary/aromatic N) is 3. The van der Waals surface area contributed by atoms with Gasteiger partial charge in [-0.1, -0.05) is 61.2 Å². The maximum atomic E-state index is 13.2. The highest BCUT2D eigenvalue weighted by atomic mass is 32.2. The summed E-state index contributed by atoms with van der Waals surface area (Å²) in [6, 6.07) is 23.5. The van der Waals surface area contributed by atoms with E-state index in [4.69, 9.17) is 0 Å². The molecule has 0 saturated heterocycles. The molecule has 36 heavy (non-hydrogen) atoms. The Balaban J connectivity index is 1.64. The lowest BCUT2D eigenvalue weighted by Crippen LogP contribution is -2.25. The van der Waals surface area contributed by atoms with Crippen LogP contribution in [0.1, 0.15) is 30.3 Å². The Bertz CT molecular complexity index is 1430. The number of benzene rings is 3. The molecule has 1 heterocycles. The minimum absolute atomic E-state index is 0.145. The van der Waals surface area contributed by atoms with Gasteiger partial charge in [0.05, 0.1) is 10.1 Å². The van der Waals surface area contributed by atoms with Gasteiger partial charge in [0.1, 0.15) is 5.75 Å². The topological polar surface area (TPSA) is 93.9 Å². The van der Waals surface area contributed by atoms with Crippen LogP contribution in [0.5, 0.6) is 0 Å². The summed E-state index contributed by atoms with van der Waals surface area (Å²) >= 11 is 1.27. The molecule has 0 fully saturated rings. The van der Waals surface area contributed by atoms with Crippen molar-refractivity contribution in [3.05, 3.63) is 95.8 Å². The van der Waals surface area contributed by atoms with Crippen LogP contribution in [0.25, 0.3) is 5.69 Å². The first kappa shape index (κ1) is 25.7. The second kappa shape index (κ2) is 11.1. The van der Waals surface area contributed by atoms with E-state index >= 15 is 0 Å². The normalized spacial score (nSPS) is 12.3. The molecule has 3 aromatic carbocycles. The molecule has 0 bridgehead atoms. The van der Waals surface area contributed by atoms with Crippen LogP contribution in [0.2, 0.25) is 0 Å². The number of amides is 1. The molecule has 1 amide bonds. The zero-order chi connectivity index (χ0) is 25.7. The Labute approximate surface area is 215 Å². The highest BCUT2D eigenvalue weighted by Crippen LogP contribution is 2.30. The van der Waals surface area contributed by atoms with Gasteiger partial charge in [0.2, 0.25) is 5.91 Å². The number of aryl methyl sites for hydroxylation is 2. The fourth-order valence-electron chi connectivity index (χ4n) is 3.91. The molecule has 1 unspecified atom stereocenters. The molecule has 186 valence electrons. The second-order valence-corrected chi connectivity index (χ2v) is 11.7. The molecule has 4 aromatic rings. The molecule has 0 aliphatic rings. The van der Waals surface area contributed by atoms with Crippen molar-refractivity contribution in [1.82, 2.24) is 14.8 Å². The van der Waals surface area contributed by atoms with E-state index in [0.717, 1.165) is 22.5 Å². The number of carbonyl (C=O) groups is 1. The number of carbonyl (C=O) groups excluding carboxylic acids is 1. The molecule has 1 atom stereocenters. The number of sulfone groups is 1. The first-order chi connectivity index (χ1) is 17.3. The van der Waals surface area contributed by atoms with E-state index < -0.39 is 15.1 Å². The van der Waals surface area contributed by atoms with Gasteiger partial charge in [-0.05, 0) is 67.8 Å². The maximum Gasteiger partial charge on any atom is 0.237 e. The van der Waals surface area contributed by atoms with Gasteiger partial charge < -0.3 is 5.32 Å². The lowest BCUT2D eigenvalue weighted by molar-refractivity contribution is -0.115. The van der Waals surface area contributed by atoms with Crippen molar-refractivity contribution in [3.8, 4) is 5.69 Å². The average Bonchev–Trinajstić information content (AvgIpc) is 3.24. The zero-order valence-corrected chi connectivity index (χ0v) is 22.0. The number of hydrogen-bond acceptors (Lipinski definition) is 6. The van der Waals surface area contributed by atoms with Crippen LogP contribution in [0.3, 0.4) is 0 Å². The van der Waals surface area contributed by atoms with Crippen molar-refractivity contribution in [3.63, 3.8) is 0 Å². The number of rotatable bonds is 9. The van der Waals surface area contributed by atoms with E-state index in [0.29, 0.717) is 11.6 Å². The van der Waals surface area contributed by atoms with Crippen molar-refractivity contribution in [2.75, 3.05) is 5.32 Å². The molecular formula is C27H28N4O3S2. The van der Waals surface area contributed by atoms with Crippen molar-refractivity contribution in [1.29, 1.82) is 0 Å². The zero-order valence-electron chi connectivity index (χ0n) is 20.4. The predicted molar refractivity (Wildman–Crippen MR) is 143 cm³/mol. The monoisotopic (exact) mass is 520 g/mol. The van der Waals surface area contributed by atoms with Crippen LogP contribution in [0.15, 0.2) is 88.9 Å². The lowest BCUT2D eigenvalue weighted by Gasteiger charge is -2.16. The molecule has 0 saturated carbocycles. The molecule has 7 nitrogen and oxygen atoms in total. The first-order valence-electron chi connectivity index (χ1n) is 11.6. The third kappa shape index (κ3) is 6.03. The van der Waals surface area contributed by atoms with Crippen LogP contribution >= 0.6 is 11.8 Å². The van der Waals surface area contributed by atoms with Crippen LogP contribution in [0.4, 0.5) is 5.69 Å². The van der Waals surface area contributed by atoms with Gasteiger partial charge in [-0.25, -0.2) is 8.42 Å². The van der Waals surface area contributed by atoms with Crippen LogP contribution < -0.4 is 5.32 Å². The van der Waals surface area contributed by atoms with E-state index in [1.807, 2.05) is 63.2 Å². The fourth-order valence-corrected chi connectivity index (χ4v) is 6.16. The van der Waals surface area contributed by atoms with Gasteiger partial charge in [0, 0.05) is 11.4 Å². The van der Waals surface area contributed by atoms with Crippen LogP contribution in [0, 0.1) is 13.8 Å². The number of nitrogens with one attached hydrogen (secondary N) is 1. The number of para-hydroxylation sites is 1. The van der Waals surface area contributed by atoms with Gasteiger partial charge in [-0.3, -0.25) is 9.36 Å². The molecule has 4 rings (SSSR count). The second-order valence-electron chi connectivity index (χ2n) is 8.52. The highest BCUT2D eigenvalue weighted by Gasteiger charge is 2.26. The van der Waals surface area contributed by atoms with Gasteiger partial charge in [-0.15, -0.1) is 10.2 Å². The van der Waals surface area contributed by atoms with E-state index in [9.17, 15) is 13.2 Å². The Hall–Kier alpha value is -3.43.